The third-order valence-corrected chi connectivity index (χ3v) is 5.01. The van der Waals surface area contributed by atoms with Crippen LogP contribution in [0.4, 0.5) is 4.79 Å². The molecule has 1 heterocycles. The van der Waals surface area contributed by atoms with Crippen LogP contribution in [-0.4, -0.2) is 53.5 Å². The van der Waals surface area contributed by atoms with Gasteiger partial charge in [-0.3, -0.25) is 4.79 Å². The van der Waals surface area contributed by atoms with Gasteiger partial charge in [0, 0.05) is 38.1 Å². The SMILES string of the molecule is CC1CCN(C(=O)CCN(CCc2ccccc2)C(=O)NC(C)(C)C)CC1. The number of hydrogen-bond donors (Lipinski definition) is 1. The Kier molecular flexibility index (Phi) is 7.69. The van der Waals surface area contributed by atoms with Gasteiger partial charge in [0.05, 0.1) is 0 Å². The number of rotatable bonds is 6. The van der Waals surface area contributed by atoms with E-state index in [1.54, 1.807) is 4.90 Å². The van der Waals surface area contributed by atoms with E-state index in [0.717, 1.165) is 32.4 Å². The van der Waals surface area contributed by atoms with Gasteiger partial charge in [-0.2, -0.15) is 0 Å². The van der Waals surface area contributed by atoms with Crippen LogP contribution in [0.2, 0.25) is 0 Å². The summed E-state index contributed by atoms with van der Waals surface area (Å²) >= 11 is 0. The maximum atomic E-state index is 12.7. The average molecular weight is 374 g/mol. The van der Waals surface area contributed by atoms with Crippen LogP contribution < -0.4 is 5.32 Å². The molecule has 1 aromatic rings. The molecule has 3 amide bonds. The fraction of sp³-hybridized carbons (Fsp3) is 0.636. The molecule has 0 radical (unpaired) electrons. The zero-order valence-electron chi connectivity index (χ0n) is 17.3. The summed E-state index contributed by atoms with van der Waals surface area (Å²) in [5.41, 5.74) is 0.900. The first-order valence-corrected chi connectivity index (χ1v) is 10.1. The van der Waals surface area contributed by atoms with Crippen LogP contribution in [-0.2, 0) is 11.2 Å². The number of benzene rings is 1. The Bertz CT molecular complexity index is 602. The summed E-state index contributed by atoms with van der Waals surface area (Å²) < 4.78 is 0. The minimum absolute atomic E-state index is 0.0986. The first-order chi connectivity index (χ1) is 12.7. The molecule has 1 fully saturated rings. The van der Waals surface area contributed by atoms with Gasteiger partial charge in [0.15, 0.2) is 0 Å². The number of carbonyl (C=O) groups excluding carboxylic acids is 2. The van der Waals surface area contributed by atoms with E-state index in [2.05, 4.69) is 24.4 Å². The Hall–Kier alpha value is -2.04. The molecule has 0 saturated carbocycles. The maximum Gasteiger partial charge on any atom is 0.317 e. The third kappa shape index (κ3) is 7.61. The van der Waals surface area contributed by atoms with E-state index < -0.39 is 0 Å². The number of piperidine rings is 1. The lowest BCUT2D eigenvalue weighted by Gasteiger charge is -2.32. The van der Waals surface area contributed by atoms with Crippen LogP contribution in [0.15, 0.2) is 30.3 Å². The zero-order chi connectivity index (χ0) is 19.9. The molecular formula is C22H35N3O2. The number of amides is 3. The second kappa shape index (κ2) is 9.77. The number of likely N-dealkylation sites (tertiary alicyclic amines) is 1. The molecule has 5 nitrogen and oxygen atoms in total. The van der Waals surface area contributed by atoms with Crippen LogP contribution in [0.25, 0.3) is 0 Å². The third-order valence-electron chi connectivity index (χ3n) is 5.01. The van der Waals surface area contributed by atoms with Gasteiger partial charge in [-0.25, -0.2) is 4.79 Å². The van der Waals surface area contributed by atoms with Crippen LogP contribution in [0.5, 0.6) is 0 Å². The number of nitrogens with one attached hydrogen (secondary N) is 1. The molecule has 0 spiro atoms. The number of carbonyl (C=O) groups is 2. The quantitative estimate of drug-likeness (QED) is 0.827. The largest absolute Gasteiger partial charge is 0.343 e. The standard InChI is InChI=1S/C22H35N3O2/c1-18-10-14-24(15-11-18)20(26)13-17-25(21(27)23-22(2,3)4)16-12-19-8-6-5-7-9-19/h5-9,18H,10-17H2,1-4H3,(H,23,27). The Labute approximate surface area is 164 Å². The van der Waals surface area contributed by atoms with Crippen molar-refractivity contribution in [3.63, 3.8) is 0 Å². The number of nitrogens with zero attached hydrogens (tertiary/aromatic N) is 2. The molecule has 0 aliphatic carbocycles. The van der Waals surface area contributed by atoms with Crippen LogP contribution in [0.3, 0.4) is 0 Å². The van der Waals surface area contributed by atoms with E-state index in [1.807, 2.05) is 43.9 Å². The lowest BCUT2D eigenvalue weighted by atomic mass is 9.99. The molecule has 150 valence electrons. The first kappa shape index (κ1) is 21.3. The summed E-state index contributed by atoms with van der Waals surface area (Å²) in [5, 5.41) is 3.03. The molecule has 0 atom stereocenters. The van der Waals surface area contributed by atoms with Gasteiger partial charge in [0.1, 0.15) is 0 Å². The molecular weight excluding hydrogens is 338 g/mol. The monoisotopic (exact) mass is 373 g/mol. The van der Waals surface area contributed by atoms with Gasteiger partial charge < -0.3 is 15.1 Å². The van der Waals surface area contributed by atoms with Gasteiger partial charge in [0.2, 0.25) is 5.91 Å². The molecule has 1 aliphatic rings. The van der Waals surface area contributed by atoms with E-state index in [-0.39, 0.29) is 17.5 Å². The highest BCUT2D eigenvalue weighted by Crippen LogP contribution is 2.17. The van der Waals surface area contributed by atoms with Crippen LogP contribution >= 0.6 is 0 Å². The highest BCUT2D eigenvalue weighted by Gasteiger charge is 2.23. The van der Waals surface area contributed by atoms with E-state index in [1.165, 1.54) is 5.56 Å². The summed E-state index contributed by atoms with van der Waals surface area (Å²) in [6.07, 6.45) is 3.33. The maximum absolute atomic E-state index is 12.7. The minimum Gasteiger partial charge on any atom is -0.343 e. The van der Waals surface area contributed by atoms with Crippen LogP contribution in [0.1, 0.15) is 52.5 Å². The molecule has 2 rings (SSSR count). The minimum atomic E-state index is -0.297. The number of urea groups is 1. The Morgan fingerprint density at radius 2 is 1.74 bits per heavy atom. The van der Waals surface area contributed by atoms with E-state index in [9.17, 15) is 9.59 Å². The zero-order valence-corrected chi connectivity index (χ0v) is 17.3. The predicted molar refractivity (Wildman–Crippen MR) is 110 cm³/mol. The summed E-state index contributed by atoms with van der Waals surface area (Å²) in [5.74, 6) is 0.865. The fourth-order valence-electron chi connectivity index (χ4n) is 3.27. The van der Waals surface area contributed by atoms with Crippen molar-refractivity contribution in [3.8, 4) is 0 Å². The van der Waals surface area contributed by atoms with Gasteiger partial charge in [-0.15, -0.1) is 0 Å². The highest BCUT2D eigenvalue weighted by atomic mass is 16.2. The van der Waals surface area contributed by atoms with Crippen molar-refractivity contribution in [2.24, 2.45) is 5.92 Å². The summed E-state index contributed by atoms with van der Waals surface area (Å²) in [6, 6.07) is 10.1. The molecule has 0 unspecified atom stereocenters. The molecule has 1 aliphatic heterocycles. The van der Waals surface area contributed by atoms with Crippen molar-refractivity contribution in [1.29, 1.82) is 0 Å². The molecule has 0 bridgehead atoms. The molecule has 1 saturated heterocycles. The van der Waals surface area contributed by atoms with Gasteiger partial charge in [-0.05, 0) is 51.5 Å². The van der Waals surface area contributed by atoms with Gasteiger partial charge in [-0.1, -0.05) is 37.3 Å². The topological polar surface area (TPSA) is 52.7 Å². The first-order valence-electron chi connectivity index (χ1n) is 10.1. The summed E-state index contributed by atoms with van der Waals surface area (Å²) in [7, 11) is 0. The van der Waals surface area contributed by atoms with Crippen molar-refractivity contribution < 1.29 is 9.59 Å². The summed E-state index contributed by atoms with van der Waals surface area (Å²) in [6.45, 7) is 10.9. The van der Waals surface area contributed by atoms with Crippen molar-refractivity contribution >= 4 is 11.9 Å². The van der Waals surface area contributed by atoms with E-state index in [4.69, 9.17) is 0 Å². The predicted octanol–water partition coefficient (Wildman–Crippen LogP) is 3.69. The Morgan fingerprint density at radius 3 is 2.33 bits per heavy atom. The second-order valence-corrected chi connectivity index (χ2v) is 8.72. The second-order valence-electron chi connectivity index (χ2n) is 8.72. The smallest absolute Gasteiger partial charge is 0.317 e. The van der Waals surface area contributed by atoms with E-state index >= 15 is 0 Å². The number of hydrogen-bond acceptors (Lipinski definition) is 2. The van der Waals surface area contributed by atoms with Crippen molar-refractivity contribution in [2.45, 2.75) is 58.9 Å². The lowest BCUT2D eigenvalue weighted by Crippen LogP contribution is -2.50. The highest BCUT2D eigenvalue weighted by molar-refractivity contribution is 5.78. The molecule has 5 heteroatoms. The van der Waals surface area contributed by atoms with Crippen LogP contribution in [0, 0.1) is 5.92 Å². The Balaban J connectivity index is 1.92. The lowest BCUT2D eigenvalue weighted by molar-refractivity contribution is -0.132. The van der Waals surface area contributed by atoms with Crippen molar-refractivity contribution in [2.75, 3.05) is 26.2 Å². The normalized spacial score (nSPS) is 15.5. The summed E-state index contributed by atoms with van der Waals surface area (Å²) in [4.78, 5) is 29.0. The van der Waals surface area contributed by atoms with Crippen molar-refractivity contribution in [1.82, 2.24) is 15.1 Å². The van der Waals surface area contributed by atoms with Crippen molar-refractivity contribution in [3.05, 3.63) is 35.9 Å². The Morgan fingerprint density at radius 1 is 1.11 bits per heavy atom. The average Bonchev–Trinajstić information content (AvgIpc) is 2.61. The van der Waals surface area contributed by atoms with E-state index in [0.29, 0.717) is 25.4 Å². The molecule has 27 heavy (non-hydrogen) atoms. The molecule has 1 N–H and O–H groups in total. The van der Waals surface area contributed by atoms with Gasteiger partial charge in [0.25, 0.3) is 0 Å². The fourth-order valence-corrected chi connectivity index (χ4v) is 3.27. The molecule has 1 aromatic carbocycles. The van der Waals surface area contributed by atoms with Gasteiger partial charge >= 0.3 is 6.03 Å². The molecule has 0 aromatic heterocycles.